The average Bonchev–Trinajstić information content (AvgIpc) is 2.77. The summed E-state index contributed by atoms with van der Waals surface area (Å²) in [6.07, 6.45) is 0. The Morgan fingerprint density at radius 3 is 2.84 bits per heavy atom. The van der Waals surface area contributed by atoms with Gasteiger partial charge in [0, 0.05) is 10.1 Å². The van der Waals surface area contributed by atoms with Crippen LogP contribution in [0.4, 0.5) is 4.39 Å². The van der Waals surface area contributed by atoms with Crippen molar-refractivity contribution in [2.45, 2.75) is 6.04 Å². The van der Waals surface area contributed by atoms with Crippen molar-refractivity contribution >= 4 is 22.6 Å². The van der Waals surface area contributed by atoms with Gasteiger partial charge in [-0.2, -0.15) is 4.98 Å². The van der Waals surface area contributed by atoms with E-state index in [9.17, 15) is 4.39 Å². The van der Waals surface area contributed by atoms with E-state index < -0.39 is 0 Å². The molecule has 5 nitrogen and oxygen atoms in total. The van der Waals surface area contributed by atoms with E-state index in [0.717, 1.165) is 0 Å². The van der Waals surface area contributed by atoms with E-state index >= 15 is 0 Å². The summed E-state index contributed by atoms with van der Waals surface area (Å²) in [5.74, 6) is 0.509. The molecule has 0 amide bonds. The fourth-order valence-corrected chi connectivity index (χ4v) is 2.34. The van der Waals surface area contributed by atoms with Gasteiger partial charge in [-0.15, -0.1) is 0 Å². The van der Waals surface area contributed by atoms with Crippen LogP contribution in [0.1, 0.15) is 11.9 Å². The maximum absolute atomic E-state index is 13.0. The first-order valence-corrected chi connectivity index (χ1v) is 6.74. The molecule has 1 heterocycles. The number of halogens is 2. The summed E-state index contributed by atoms with van der Waals surface area (Å²) in [7, 11) is 3.84. The fourth-order valence-electron chi connectivity index (χ4n) is 1.63. The highest BCUT2D eigenvalue weighted by Crippen LogP contribution is 2.25. The molecule has 0 spiro atoms. The number of rotatable bonds is 4. The molecule has 7 heteroatoms. The molecule has 102 valence electrons. The van der Waals surface area contributed by atoms with Crippen molar-refractivity contribution in [3.05, 3.63) is 33.4 Å². The van der Waals surface area contributed by atoms with Crippen molar-refractivity contribution in [2.24, 2.45) is 5.73 Å². The molecule has 0 bridgehead atoms. The minimum absolute atomic E-state index is 0.294. The van der Waals surface area contributed by atoms with Crippen LogP contribution >= 0.6 is 22.6 Å². The topological polar surface area (TPSA) is 68.2 Å². The number of nitrogens with two attached hydrogens (primary N) is 1. The molecule has 0 radical (unpaired) electrons. The number of benzene rings is 1. The molecule has 1 aromatic carbocycles. The standard InChI is InChI=1S/C12H14FIN4O/c1-18(2)6-10(15)11-16-12(19-17-11)8-4-3-7(13)5-9(8)14/h3-5,10H,6,15H2,1-2H3. The predicted molar refractivity (Wildman–Crippen MR) is 77.9 cm³/mol. The van der Waals surface area contributed by atoms with Crippen LogP contribution in [0.15, 0.2) is 22.7 Å². The third-order valence-electron chi connectivity index (χ3n) is 2.50. The largest absolute Gasteiger partial charge is 0.334 e. The van der Waals surface area contributed by atoms with Gasteiger partial charge in [-0.3, -0.25) is 0 Å². The second kappa shape index (κ2) is 5.93. The van der Waals surface area contributed by atoms with Gasteiger partial charge in [0.05, 0.1) is 11.6 Å². The molecule has 1 aromatic heterocycles. The summed E-state index contributed by atoms with van der Waals surface area (Å²) in [6, 6.07) is 4.08. The number of hydrogen-bond acceptors (Lipinski definition) is 5. The molecule has 1 unspecified atom stereocenters. The van der Waals surface area contributed by atoms with Crippen LogP contribution in [0, 0.1) is 9.39 Å². The Morgan fingerprint density at radius 1 is 1.47 bits per heavy atom. The van der Waals surface area contributed by atoms with Crippen LogP contribution in [-0.4, -0.2) is 35.7 Å². The lowest BCUT2D eigenvalue weighted by molar-refractivity contribution is 0.357. The Labute approximate surface area is 124 Å². The van der Waals surface area contributed by atoms with Crippen LogP contribution in [-0.2, 0) is 0 Å². The van der Waals surface area contributed by atoms with Crippen molar-refractivity contribution in [1.82, 2.24) is 15.0 Å². The molecular weight excluding hydrogens is 362 g/mol. The van der Waals surface area contributed by atoms with Gasteiger partial charge in [0.15, 0.2) is 5.82 Å². The van der Waals surface area contributed by atoms with Gasteiger partial charge in [-0.1, -0.05) is 5.16 Å². The third kappa shape index (κ3) is 3.48. The SMILES string of the molecule is CN(C)CC(N)c1noc(-c2ccc(F)cc2I)n1. The molecule has 0 saturated carbocycles. The normalized spacial score (nSPS) is 12.9. The highest BCUT2D eigenvalue weighted by molar-refractivity contribution is 14.1. The molecule has 2 aromatic rings. The maximum Gasteiger partial charge on any atom is 0.259 e. The first-order valence-electron chi connectivity index (χ1n) is 5.66. The van der Waals surface area contributed by atoms with Gasteiger partial charge in [0.1, 0.15) is 5.82 Å². The molecule has 1 atom stereocenters. The lowest BCUT2D eigenvalue weighted by Crippen LogP contribution is -2.26. The van der Waals surface area contributed by atoms with E-state index in [1.54, 1.807) is 6.07 Å². The highest BCUT2D eigenvalue weighted by atomic mass is 127. The zero-order valence-corrected chi connectivity index (χ0v) is 12.8. The maximum atomic E-state index is 13.0. The molecule has 0 fully saturated rings. The number of nitrogens with zero attached hydrogens (tertiary/aromatic N) is 3. The van der Waals surface area contributed by atoms with Gasteiger partial charge in [0.2, 0.25) is 0 Å². The van der Waals surface area contributed by atoms with Gasteiger partial charge >= 0.3 is 0 Å². The van der Waals surface area contributed by atoms with E-state index in [-0.39, 0.29) is 11.9 Å². The Hall–Kier alpha value is -1.06. The molecule has 19 heavy (non-hydrogen) atoms. The summed E-state index contributed by atoms with van der Waals surface area (Å²) in [5.41, 5.74) is 6.67. The minimum Gasteiger partial charge on any atom is -0.334 e. The van der Waals surface area contributed by atoms with Crippen LogP contribution in [0.2, 0.25) is 0 Å². The lowest BCUT2D eigenvalue weighted by atomic mass is 10.2. The number of likely N-dealkylation sites (N-methyl/N-ethyl adjacent to an activating group) is 1. The lowest BCUT2D eigenvalue weighted by Gasteiger charge is -2.12. The first kappa shape index (κ1) is 14.4. The summed E-state index contributed by atoms with van der Waals surface area (Å²) in [5, 5.41) is 3.87. The van der Waals surface area contributed by atoms with Crippen LogP contribution in [0.3, 0.4) is 0 Å². The first-order chi connectivity index (χ1) is 8.97. The summed E-state index contributed by atoms with van der Waals surface area (Å²) < 4.78 is 18.9. The second-order valence-corrected chi connectivity index (χ2v) is 5.61. The molecular formula is C12H14FIN4O. The monoisotopic (exact) mass is 376 g/mol. The summed E-state index contributed by atoms with van der Waals surface area (Å²) in [6.45, 7) is 0.624. The van der Waals surface area contributed by atoms with Crippen molar-refractivity contribution in [3.63, 3.8) is 0 Å². The van der Waals surface area contributed by atoms with E-state index in [1.165, 1.54) is 12.1 Å². The number of hydrogen-bond donors (Lipinski definition) is 1. The van der Waals surface area contributed by atoms with Crippen LogP contribution < -0.4 is 5.73 Å². The zero-order chi connectivity index (χ0) is 14.0. The van der Waals surface area contributed by atoms with Gasteiger partial charge < -0.3 is 15.2 Å². The minimum atomic E-state index is -0.314. The fraction of sp³-hybridized carbons (Fsp3) is 0.333. The smallest absolute Gasteiger partial charge is 0.259 e. The van der Waals surface area contributed by atoms with Crippen molar-refractivity contribution in [1.29, 1.82) is 0 Å². The molecule has 0 aliphatic heterocycles. The molecule has 2 N–H and O–H groups in total. The molecule has 2 rings (SSSR count). The summed E-state index contributed by atoms with van der Waals surface area (Å²) in [4.78, 5) is 6.21. The third-order valence-corrected chi connectivity index (χ3v) is 3.39. The quantitative estimate of drug-likeness (QED) is 0.828. The van der Waals surface area contributed by atoms with E-state index in [2.05, 4.69) is 10.1 Å². The van der Waals surface area contributed by atoms with E-state index in [4.69, 9.17) is 10.3 Å². The Balaban J connectivity index is 2.25. The average molecular weight is 376 g/mol. The van der Waals surface area contributed by atoms with Crippen molar-refractivity contribution in [2.75, 3.05) is 20.6 Å². The van der Waals surface area contributed by atoms with Crippen LogP contribution in [0.5, 0.6) is 0 Å². The summed E-state index contributed by atoms with van der Waals surface area (Å²) >= 11 is 2.03. The Bertz CT molecular complexity index is 573. The van der Waals surface area contributed by atoms with Crippen molar-refractivity contribution < 1.29 is 8.91 Å². The van der Waals surface area contributed by atoms with Crippen LogP contribution in [0.25, 0.3) is 11.5 Å². The van der Waals surface area contributed by atoms with E-state index in [0.29, 0.717) is 27.4 Å². The van der Waals surface area contributed by atoms with E-state index in [1.807, 2.05) is 41.6 Å². The van der Waals surface area contributed by atoms with Gasteiger partial charge in [0.25, 0.3) is 5.89 Å². The highest BCUT2D eigenvalue weighted by Gasteiger charge is 2.17. The Morgan fingerprint density at radius 2 is 2.21 bits per heavy atom. The molecule has 0 aliphatic rings. The Kier molecular flexibility index (Phi) is 4.48. The van der Waals surface area contributed by atoms with Crippen molar-refractivity contribution in [3.8, 4) is 11.5 Å². The molecule has 0 aliphatic carbocycles. The van der Waals surface area contributed by atoms with Gasteiger partial charge in [-0.05, 0) is 54.9 Å². The predicted octanol–water partition coefficient (Wildman–Crippen LogP) is 2.04. The zero-order valence-electron chi connectivity index (χ0n) is 10.6. The van der Waals surface area contributed by atoms with Gasteiger partial charge in [-0.25, -0.2) is 4.39 Å². The second-order valence-electron chi connectivity index (χ2n) is 4.45. The molecule has 0 saturated heterocycles. The number of aromatic nitrogens is 2.